The standard InChI is InChI=1S/C7H7Cl2N.ClH/c1-5-6(4-8)2-3-7(9)10-5;/h2-3H,4H2,1H3;1H. The van der Waals surface area contributed by atoms with Gasteiger partial charge in [0.25, 0.3) is 0 Å². The predicted octanol–water partition coefficient (Wildman–Crippen LogP) is 3.20. The van der Waals surface area contributed by atoms with Crippen molar-refractivity contribution in [2.45, 2.75) is 12.8 Å². The van der Waals surface area contributed by atoms with Crippen LogP contribution in [0.25, 0.3) is 0 Å². The first-order valence-electron chi connectivity index (χ1n) is 2.92. The first-order chi connectivity index (χ1) is 4.74. The molecule has 0 saturated heterocycles. The Kier molecular flexibility index (Phi) is 4.82. The maximum atomic E-state index is 5.62. The highest BCUT2D eigenvalue weighted by molar-refractivity contribution is 6.29. The Bertz CT molecular complexity index is 237. The summed E-state index contributed by atoms with van der Waals surface area (Å²) < 4.78 is 0. The smallest absolute Gasteiger partial charge is 0.129 e. The fraction of sp³-hybridized carbons (Fsp3) is 0.286. The van der Waals surface area contributed by atoms with Crippen molar-refractivity contribution in [2.24, 2.45) is 0 Å². The van der Waals surface area contributed by atoms with Crippen LogP contribution < -0.4 is 0 Å². The molecule has 0 aliphatic rings. The van der Waals surface area contributed by atoms with Gasteiger partial charge in [-0.3, -0.25) is 0 Å². The second-order valence-corrected chi connectivity index (χ2v) is 2.67. The van der Waals surface area contributed by atoms with E-state index in [0.29, 0.717) is 11.0 Å². The Morgan fingerprint density at radius 3 is 2.55 bits per heavy atom. The zero-order valence-corrected chi connectivity index (χ0v) is 8.30. The van der Waals surface area contributed by atoms with E-state index in [2.05, 4.69) is 4.98 Å². The third kappa shape index (κ3) is 2.86. The van der Waals surface area contributed by atoms with Gasteiger partial charge in [0.05, 0.1) is 0 Å². The summed E-state index contributed by atoms with van der Waals surface area (Å²) in [5, 5.41) is 0.520. The number of halogens is 3. The molecule has 0 N–H and O–H groups in total. The van der Waals surface area contributed by atoms with Crippen LogP contribution in [0.1, 0.15) is 11.3 Å². The first kappa shape index (κ1) is 11.0. The molecule has 0 aromatic carbocycles. The Hall–Kier alpha value is 0.0200. The molecule has 1 aromatic heterocycles. The van der Waals surface area contributed by atoms with Gasteiger partial charge in [0.1, 0.15) is 5.15 Å². The first-order valence-corrected chi connectivity index (χ1v) is 3.83. The van der Waals surface area contributed by atoms with Crippen LogP contribution in [0.2, 0.25) is 5.15 Å². The summed E-state index contributed by atoms with van der Waals surface area (Å²) in [5.41, 5.74) is 1.94. The maximum absolute atomic E-state index is 5.62. The molecule has 62 valence electrons. The molecule has 1 rings (SSSR count). The minimum Gasteiger partial charge on any atom is -0.241 e. The molecule has 0 amide bonds. The monoisotopic (exact) mass is 211 g/mol. The lowest BCUT2D eigenvalue weighted by Gasteiger charge is -1.98. The third-order valence-corrected chi connectivity index (χ3v) is 1.80. The van der Waals surface area contributed by atoms with Crippen molar-refractivity contribution in [3.8, 4) is 0 Å². The van der Waals surface area contributed by atoms with E-state index in [1.807, 2.05) is 13.0 Å². The fourth-order valence-corrected chi connectivity index (χ4v) is 1.17. The zero-order chi connectivity index (χ0) is 7.56. The van der Waals surface area contributed by atoms with Crippen molar-refractivity contribution >= 4 is 35.6 Å². The number of pyridine rings is 1. The van der Waals surface area contributed by atoms with E-state index in [9.17, 15) is 0 Å². The minimum atomic E-state index is 0. The van der Waals surface area contributed by atoms with E-state index in [1.54, 1.807) is 6.07 Å². The number of hydrogen-bond donors (Lipinski definition) is 0. The van der Waals surface area contributed by atoms with Crippen LogP contribution in [0.5, 0.6) is 0 Å². The van der Waals surface area contributed by atoms with E-state index in [-0.39, 0.29) is 12.4 Å². The molecule has 0 saturated carbocycles. The SMILES string of the molecule is Cc1nc(Cl)ccc1CCl.Cl. The summed E-state index contributed by atoms with van der Waals surface area (Å²) in [4.78, 5) is 4.03. The maximum Gasteiger partial charge on any atom is 0.129 e. The highest BCUT2D eigenvalue weighted by Crippen LogP contribution is 2.11. The molecule has 0 atom stereocenters. The number of alkyl halides is 1. The van der Waals surface area contributed by atoms with Crippen LogP contribution in [0.4, 0.5) is 0 Å². The Labute approximate surface area is 82.1 Å². The van der Waals surface area contributed by atoms with Gasteiger partial charge in [0.15, 0.2) is 0 Å². The summed E-state index contributed by atoms with van der Waals surface area (Å²) in [7, 11) is 0. The summed E-state index contributed by atoms with van der Waals surface area (Å²) >= 11 is 11.2. The van der Waals surface area contributed by atoms with Crippen LogP contribution >= 0.6 is 35.6 Å². The van der Waals surface area contributed by atoms with Crippen molar-refractivity contribution in [1.29, 1.82) is 0 Å². The second kappa shape index (κ2) is 4.81. The molecule has 0 unspecified atom stereocenters. The van der Waals surface area contributed by atoms with Crippen molar-refractivity contribution in [3.05, 3.63) is 28.5 Å². The van der Waals surface area contributed by atoms with E-state index < -0.39 is 0 Å². The molecule has 0 radical (unpaired) electrons. The number of hydrogen-bond acceptors (Lipinski definition) is 1. The van der Waals surface area contributed by atoms with Gasteiger partial charge in [-0.1, -0.05) is 17.7 Å². The molecule has 0 spiro atoms. The average molecular weight is 213 g/mol. The van der Waals surface area contributed by atoms with E-state index in [1.165, 1.54) is 0 Å². The van der Waals surface area contributed by atoms with Crippen molar-refractivity contribution in [3.63, 3.8) is 0 Å². The molecular formula is C7H8Cl3N. The lowest BCUT2D eigenvalue weighted by Crippen LogP contribution is -1.88. The molecule has 1 aromatic rings. The van der Waals surface area contributed by atoms with Crippen molar-refractivity contribution in [1.82, 2.24) is 4.98 Å². The normalized spacial score (nSPS) is 9.00. The Morgan fingerprint density at radius 2 is 2.09 bits per heavy atom. The van der Waals surface area contributed by atoms with Crippen LogP contribution in [0.15, 0.2) is 12.1 Å². The molecule has 0 bridgehead atoms. The van der Waals surface area contributed by atoms with Gasteiger partial charge >= 0.3 is 0 Å². The van der Waals surface area contributed by atoms with Gasteiger partial charge in [-0.15, -0.1) is 24.0 Å². The highest BCUT2D eigenvalue weighted by Gasteiger charge is 1.97. The lowest BCUT2D eigenvalue weighted by molar-refractivity contribution is 1.14. The number of aromatic nitrogens is 1. The molecule has 11 heavy (non-hydrogen) atoms. The van der Waals surface area contributed by atoms with Gasteiger partial charge in [-0.25, -0.2) is 4.98 Å². The summed E-state index contributed by atoms with van der Waals surface area (Å²) in [6.45, 7) is 1.89. The van der Waals surface area contributed by atoms with E-state index in [4.69, 9.17) is 23.2 Å². The average Bonchev–Trinajstić information content (AvgIpc) is 1.88. The molecular weight excluding hydrogens is 204 g/mol. The van der Waals surface area contributed by atoms with Crippen LogP contribution in [-0.2, 0) is 5.88 Å². The Balaban J connectivity index is 0.000001000. The molecule has 0 aliphatic heterocycles. The predicted molar refractivity (Wildman–Crippen MR) is 50.8 cm³/mol. The van der Waals surface area contributed by atoms with Crippen LogP contribution in [0.3, 0.4) is 0 Å². The van der Waals surface area contributed by atoms with Gasteiger partial charge in [0, 0.05) is 11.6 Å². The third-order valence-electron chi connectivity index (χ3n) is 1.31. The van der Waals surface area contributed by atoms with Crippen LogP contribution in [-0.4, -0.2) is 4.98 Å². The summed E-state index contributed by atoms with van der Waals surface area (Å²) in [6, 6.07) is 3.63. The molecule has 1 nitrogen and oxygen atoms in total. The van der Waals surface area contributed by atoms with Crippen LogP contribution in [0, 0.1) is 6.92 Å². The molecule has 0 fully saturated rings. The largest absolute Gasteiger partial charge is 0.241 e. The topological polar surface area (TPSA) is 12.9 Å². The van der Waals surface area contributed by atoms with Gasteiger partial charge in [-0.2, -0.15) is 0 Å². The number of rotatable bonds is 1. The van der Waals surface area contributed by atoms with Gasteiger partial charge in [-0.05, 0) is 18.6 Å². The van der Waals surface area contributed by atoms with Crippen molar-refractivity contribution in [2.75, 3.05) is 0 Å². The Morgan fingerprint density at radius 1 is 1.45 bits per heavy atom. The summed E-state index contributed by atoms with van der Waals surface area (Å²) in [6.07, 6.45) is 0. The zero-order valence-electron chi connectivity index (χ0n) is 5.97. The summed E-state index contributed by atoms with van der Waals surface area (Å²) in [5.74, 6) is 0.496. The second-order valence-electron chi connectivity index (χ2n) is 2.01. The number of nitrogens with zero attached hydrogens (tertiary/aromatic N) is 1. The van der Waals surface area contributed by atoms with Gasteiger partial charge < -0.3 is 0 Å². The van der Waals surface area contributed by atoms with Crippen molar-refractivity contribution < 1.29 is 0 Å². The molecule has 0 aliphatic carbocycles. The fourth-order valence-electron chi connectivity index (χ4n) is 0.700. The number of aryl methyl sites for hydroxylation is 1. The molecule has 4 heteroatoms. The molecule has 1 heterocycles. The minimum absolute atomic E-state index is 0. The highest BCUT2D eigenvalue weighted by atomic mass is 35.5. The lowest BCUT2D eigenvalue weighted by atomic mass is 10.2. The quantitative estimate of drug-likeness (QED) is 0.515. The van der Waals surface area contributed by atoms with E-state index >= 15 is 0 Å². The van der Waals surface area contributed by atoms with Gasteiger partial charge in [0.2, 0.25) is 0 Å². The van der Waals surface area contributed by atoms with E-state index in [0.717, 1.165) is 11.3 Å².